The summed E-state index contributed by atoms with van der Waals surface area (Å²) in [5.74, 6) is 1.22. The number of aromatic nitrogens is 1. The van der Waals surface area contributed by atoms with Crippen LogP contribution in [0.3, 0.4) is 0 Å². The number of nitrogens with zero attached hydrogens (tertiary/aromatic N) is 1. The van der Waals surface area contributed by atoms with Gasteiger partial charge in [-0.15, -0.1) is 0 Å². The molecule has 2 rings (SSSR count). The van der Waals surface area contributed by atoms with E-state index >= 15 is 0 Å². The van der Waals surface area contributed by atoms with Gasteiger partial charge in [-0.3, -0.25) is 0 Å². The monoisotopic (exact) mass is 165 g/mol. The summed E-state index contributed by atoms with van der Waals surface area (Å²) < 4.78 is 2.24. The van der Waals surface area contributed by atoms with Crippen LogP contribution in [0.2, 0.25) is 0 Å². The predicted octanol–water partition coefficient (Wildman–Crippen LogP) is 1.32. The third kappa shape index (κ3) is 1.10. The van der Waals surface area contributed by atoms with Crippen LogP contribution in [0.25, 0.3) is 0 Å². The van der Waals surface area contributed by atoms with Crippen molar-refractivity contribution in [2.24, 2.45) is 5.73 Å². The highest BCUT2D eigenvalue weighted by atomic mass is 15.1. The Hall–Kier alpha value is -0.960. The largest absolute Gasteiger partial charge is 0.371 e. The van der Waals surface area contributed by atoms with E-state index in [4.69, 9.17) is 5.73 Å². The third-order valence-corrected chi connectivity index (χ3v) is 2.35. The van der Waals surface area contributed by atoms with Crippen LogP contribution < -0.4 is 11.1 Å². The smallest absolute Gasteiger partial charge is 0.110 e. The average molecular weight is 165 g/mol. The first-order valence-electron chi connectivity index (χ1n) is 4.47. The van der Waals surface area contributed by atoms with E-state index in [0.29, 0.717) is 0 Å². The van der Waals surface area contributed by atoms with Gasteiger partial charge in [0.2, 0.25) is 0 Å². The maximum Gasteiger partial charge on any atom is 0.110 e. The molecule has 1 aromatic rings. The van der Waals surface area contributed by atoms with E-state index in [9.17, 15) is 0 Å². The molecule has 3 N–H and O–H groups in total. The number of hydrogen-bond donors (Lipinski definition) is 2. The molecule has 1 atom stereocenters. The van der Waals surface area contributed by atoms with Gasteiger partial charge in [-0.05, 0) is 19.4 Å². The van der Waals surface area contributed by atoms with Gasteiger partial charge in [-0.25, -0.2) is 0 Å². The molecule has 0 bridgehead atoms. The van der Waals surface area contributed by atoms with Crippen LogP contribution >= 0.6 is 0 Å². The zero-order valence-electron chi connectivity index (χ0n) is 7.38. The van der Waals surface area contributed by atoms with E-state index in [1.54, 1.807) is 0 Å². The van der Waals surface area contributed by atoms with E-state index in [-0.39, 0.29) is 6.04 Å². The van der Waals surface area contributed by atoms with Gasteiger partial charge in [0, 0.05) is 30.9 Å². The first-order chi connectivity index (χ1) is 5.79. The predicted molar refractivity (Wildman–Crippen MR) is 50.1 cm³/mol. The fourth-order valence-electron chi connectivity index (χ4n) is 1.70. The van der Waals surface area contributed by atoms with Gasteiger partial charge in [-0.1, -0.05) is 0 Å². The van der Waals surface area contributed by atoms with E-state index in [1.165, 1.54) is 17.8 Å². The fraction of sp³-hybridized carbons (Fsp3) is 0.556. The van der Waals surface area contributed by atoms with E-state index in [0.717, 1.165) is 13.1 Å². The molecule has 1 unspecified atom stereocenters. The van der Waals surface area contributed by atoms with Gasteiger partial charge in [0.05, 0.1) is 0 Å². The number of hydrogen-bond acceptors (Lipinski definition) is 2. The van der Waals surface area contributed by atoms with Crippen molar-refractivity contribution in [2.75, 3.05) is 11.9 Å². The van der Waals surface area contributed by atoms with Crippen molar-refractivity contribution in [2.45, 2.75) is 25.9 Å². The lowest BCUT2D eigenvalue weighted by Gasteiger charge is -2.19. The molecule has 0 spiro atoms. The lowest BCUT2D eigenvalue weighted by Crippen LogP contribution is -2.18. The second kappa shape index (κ2) is 2.83. The molecule has 0 saturated carbocycles. The zero-order chi connectivity index (χ0) is 8.55. The van der Waals surface area contributed by atoms with Gasteiger partial charge >= 0.3 is 0 Å². The van der Waals surface area contributed by atoms with Crippen LogP contribution in [0.5, 0.6) is 0 Å². The van der Waals surface area contributed by atoms with Crippen molar-refractivity contribution in [1.82, 2.24) is 4.57 Å². The Morgan fingerprint density at radius 3 is 3.25 bits per heavy atom. The molecule has 1 aliphatic heterocycles. The van der Waals surface area contributed by atoms with Crippen LogP contribution in [-0.2, 0) is 6.54 Å². The SMILES string of the molecule is CC(N)c1ccn2c1NCCC2. The van der Waals surface area contributed by atoms with Crippen molar-refractivity contribution >= 4 is 5.82 Å². The number of rotatable bonds is 1. The van der Waals surface area contributed by atoms with Gasteiger partial charge in [0.1, 0.15) is 5.82 Å². The molecule has 0 aromatic carbocycles. The van der Waals surface area contributed by atoms with Crippen molar-refractivity contribution in [3.05, 3.63) is 17.8 Å². The van der Waals surface area contributed by atoms with E-state index in [1.807, 2.05) is 6.92 Å². The molecule has 0 saturated heterocycles. The van der Waals surface area contributed by atoms with Crippen LogP contribution in [-0.4, -0.2) is 11.1 Å². The molecule has 0 radical (unpaired) electrons. The number of aryl methyl sites for hydroxylation is 1. The molecule has 1 aliphatic rings. The average Bonchev–Trinajstić information content (AvgIpc) is 2.47. The summed E-state index contributed by atoms with van der Waals surface area (Å²) in [6, 6.07) is 2.24. The van der Waals surface area contributed by atoms with Crippen molar-refractivity contribution < 1.29 is 0 Å². The fourth-order valence-corrected chi connectivity index (χ4v) is 1.70. The van der Waals surface area contributed by atoms with Crippen molar-refractivity contribution in [3.63, 3.8) is 0 Å². The van der Waals surface area contributed by atoms with E-state index < -0.39 is 0 Å². The quantitative estimate of drug-likeness (QED) is 0.659. The minimum atomic E-state index is 0.131. The second-order valence-electron chi connectivity index (χ2n) is 3.38. The van der Waals surface area contributed by atoms with Crippen LogP contribution in [0.1, 0.15) is 24.9 Å². The molecular formula is C9H15N3. The minimum absolute atomic E-state index is 0.131. The summed E-state index contributed by atoms with van der Waals surface area (Å²) in [6.07, 6.45) is 3.32. The molecule has 1 aromatic heterocycles. The van der Waals surface area contributed by atoms with Gasteiger partial charge < -0.3 is 15.6 Å². The number of nitrogens with one attached hydrogen (secondary N) is 1. The highest BCUT2D eigenvalue weighted by molar-refractivity contribution is 5.49. The summed E-state index contributed by atoms with van der Waals surface area (Å²) in [5.41, 5.74) is 7.06. The first-order valence-corrected chi connectivity index (χ1v) is 4.47. The lowest BCUT2D eigenvalue weighted by molar-refractivity contribution is 0.628. The van der Waals surface area contributed by atoms with E-state index in [2.05, 4.69) is 22.1 Å². The first kappa shape index (κ1) is 7.68. The molecule has 66 valence electrons. The third-order valence-electron chi connectivity index (χ3n) is 2.35. The maximum absolute atomic E-state index is 5.83. The number of anilines is 1. The Morgan fingerprint density at radius 2 is 2.50 bits per heavy atom. The lowest BCUT2D eigenvalue weighted by atomic mass is 10.1. The summed E-state index contributed by atoms with van der Waals surface area (Å²) in [6.45, 7) is 4.21. The zero-order valence-corrected chi connectivity index (χ0v) is 7.38. The summed E-state index contributed by atoms with van der Waals surface area (Å²) >= 11 is 0. The highest BCUT2D eigenvalue weighted by Crippen LogP contribution is 2.25. The molecule has 0 aliphatic carbocycles. The van der Waals surface area contributed by atoms with Crippen molar-refractivity contribution in [1.29, 1.82) is 0 Å². The maximum atomic E-state index is 5.83. The van der Waals surface area contributed by atoms with Crippen molar-refractivity contribution in [3.8, 4) is 0 Å². The Kier molecular flexibility index (Phi) is 1.81. The normalized spacial score (nSPS) is 18.2. The molecule has 0 fully saturated rings. The van der Waals surface area contributed by atoms with Gasteiger partial charge in [0.15, 0.2) is 0 Å². The minimum Gasteiger partial charge on any atom is -0.371 e. The van der Waals surface area contributed by atoms with Crippen LogP contribution in [0.15, 0.2) is 12.3 Å². The summed E-state index contributed by atoms with van der Waals surface area (Å²) in [7, 11) is 0. The Labute approximate surface area is 72.6 Å². The standard InChI is InChI=1S/C9H15N3/c1-7(10)8-3-6-12-5-2-4-11-9(8)12/h3,6-7,11H,2,4-5,10H2,1H3. The van der Waals surface area contributed by atoms with Crippen LogP contribution in [0.4, 0.5) is 5.82 Å². The molecule has 3 nitrogen and oxygen atoms in total. The molecule has 2 heterocycles. The van der Waals surface area contributed by atoms with Crippen LogP contribution in [0, 0.1) is 0 Å². The topological polar surface area (TPSA) is 43.0 Å². The molecule has 0 amide bonds. The summed E-state index contributed by atoms with van der Waals surface area (Å²) in [5, 5.41) is 3.38. The highest BCUT2D eigenvalue weighted by Gasteiger charge is 2.14. The molecular weight excluding hydrogens is 150 g/mol. The Bertz CT molecular complexity index is 275. The second-order valence-corrected chi connectivity index (χ2v) is 3.38. The van der Waals surface area contributed by atoms with Gasteiger partial charge in [-0.2, -0.15) is 0 Å². The van der Waals surface area contributed by atoms with Gasteiger partial charge in [0.25, 0.3) is 0 Å². The Morgan fingerprint density at radius 1 is 1.67 bits per heavy atom. The molecule has 3 heteroatoms. The summed E-state index contributed by atoms with van der Waals surface area (Å²) in [4.78, 5) is 0. The number of nitrogens with two attached hydrogens (primary N) is 1. The number of fused-ring (bicyclic) bond motifs is 1. The Balaban J connectivity index is 2.38. The molecule has 12 heavy (non-hydrogen) atoms.